The zero-order chi connectivity index (χ0) is 44.2. The molecule has 1 N–H and O–H groups in total. The van der Waals surface area contributed by atoms with Crippen LogP contribution in [0.15, 0.2) is 149 Å². The second-order valence-corrected chi connectivity index (χ2v) is 21.7. The molecule has 0 aliphatic carbocycles. The van der Waals surface area contributed by atoms with E-state index in [2.05, 4.69) is 6.07 Å². The minimum atomic E-state index is -4.80. The molecular formula is C45H42N3O9S5-. The summed E-state index contributed by atoms with van der Waals surface area (Å²) in [5.74, 6) is -0.833. The van der Waals surface area contributed by atoms with Crippen LogP contribution in [0.25, 0.3) is 27.4 Å². The third-order valence-electron chi connectivity index (χ3n) is 10.4. The van der Waals surface area contributed by atoms with Gasteiger partial charge in [-0.2, -0.15) is 4.57 Å². The lowest BCUT2D eigenvalue weighted by Gasteiger charge is -2.26. The van der Waals surface area contributed by atoms with Crippen LogP contribution in [0.3, 0.4) is 0 Å². The molecule has 1 aliphatic heterocycles. The number of fused-ring (bicyclic) bond motifs is 2. The van der Waals surface area contributed by atoms with Crippen LogP contribution in [-0.2, 0) is 36.8 Å². The summed E-state index contributed by atoms with van der Waals surface area (Å²) in [6, 6.07) is 37.4. The van der Waals surface area contributed by atoms with Crippen LogP contribution >= 0.6 is 23.1 Å². The summed E-state index contributed by atoms with van der Waals surface area (Å²) in [7, 11) is -13.4. The zero-order valence-corrected chi connectivity index (χ0v) is 37.7. The second-order valence-electron chi connectivity index (χ2n) is 14.7. The average molecular weight is 929 g/mol. The minimum Gasteiger partial charge on any atom is -0.747 e. The van der Waals surface area contributed by atoms with Gasteiger partial charge >= 0.3 is 0 Å². The van der Waals surface area contributed by atoms with Gasteiger partial charge in [0.05, 0.1) is 27.5 Å². The predicted octanol–water partition coefficient (Wildman–Crippen LogP) is 8.15. The fourth-order valence-corrected chi connectivity index (χ4v) is 11.9. The fourth-order valence-electron chi connectivity index (χ4n) is 7.40. The summed E-state index contributed by atoms with van der Waals surface area (Å²) in [6.45, 7) is 2.23. The van der Waals surface area contributed by atoms with E-state index < -0.39 is 46.7 Å². The number of sulfonamides is 1. The SMILES string of the molecule is CCC(=Cc1sc2ccc(-c3ccccc3)cc2[n+]1CCC(c1ccccc1)S(=O)(=O)[O-])C=C1Sc2ccc(C(=O)NS(C)(=O)=O)cc2N1CCC(c1ccccc1)S(=O)(=O)[O-]. The van der Waals surface area contributed by atoms with Crippen LogP contribution in [0.1, 0.15) is 63.2 Å². The van der Waals surface area contributed by atoms with E-state index in [1.807, 2.05) is 75.7 Å². The van der Waals surface area contributed by atoms with Crippen LogP contribution in [0, 0.1) is 0 Å². The molecule has 5 aromatic carbocycles. The monoisotopic (exact) mass is 928 g/mol. The topological polar surface area (TPSA) is 185 Å². The number of nitrogens with one attached hydrogen (secondary N) is 1. The Morgan fingerprint density at radius 1 is 0.758 bits per heavy atom. The zero-order valence-electron chi connectivity index (χ0n) is 33.6. The number of hydrogen-bond donors (Lipinski definition) is 1. The second kappa shape index (κ2) is 18.7. The van der Waals surface area contributed by atoms with Gasteiger partial charge in [-0.05, 0) is 71.0 Å². The molecule has 17 heteroatoms. The van der Waals surface area contributed by atoms with Gasteiger partial charge in [0.1, 0.15) is 24.9 Å². The van der Waals surface area contributed by atoms with Crippen LogP contribution < -0.4 is 14.2 Å². The molecule has 12 nitrogen and oxygen atoms in total. The summed E-state index contributed by atoms with van der Waals surface area (Å²) in [4.78, 5) is 15.5. The van der Waals surface area contributed by atoms with Crippen LogP contribution in [0.2, 0.25) is 0 Å². The van der Waals surface area contributed by atoms with E-state index in [0.29, 0.717) is 28.3 Å². The molecule has 0 fully saturated rings. The molecule has 1 aromatic heterocycles. The smallest absolute Gasteiger partial charge is 0.264 e. The number of amides is 1. The number of benzene rings is 5. The van der Waals surface area contributed by atoms with Crippen molar-refractivity contribution in [2.45, 2.75) is 48.1 Å². The number of rotatable bonds is 16. The van der Waals surface area contributed by atoms with Crippen LogP contribution in [0.4, 0.5) is 5.69 Å². The maximum absolute atomic E-state index is 13.0. The number of allylic oxidation sites excluding steroid dienone is 2. The lowest BCUT2D eigenvalue weighted by molar-refractivity contribution is -0.669. The van der Waals surface area contributed by atoms with Crippen molar-refractivity contribution in [3.05, 3.63) is 166 Å². The van der Waals surface area contributed by atoms with E-state index in [1.165, 1.54) is 29.2 Å². The molecular weight excluding hydrogens is 887 g/mol. The fraction of sp³-hybridized carbons (Fsp3) is 0.200. The van der Waals surface area contributed by atoms with Crippen molar-refractivity contribution in [1.29, 1.82) is 0 Å². The number of nitrogens with zero attached hydrogens (tertiary/aromatic N) is 2. The molecule has 0 spiro atoms. The molecule has 1 aliphatic rings. The maximum Gasteiger partial charge on any atom is 0.264 e. The Balaban J connectivity index is 1.31. The summed E-state index contributed by atoms with van der Waals surface area (Å²) in [5, 5.41) is -1.18. The third kappa shape index (κ3) is 10.7. The van der Waals surface area contributed by atoms with Gasteiger partial charge in [-0.3, -0.25) is 4.79 Å². The Morgan fingerprint density at radius 3 is 1.94 bits per heavy atom. The number of hydrogen-bond acceptors (Lipinski definition) is 12. The van der Waals surface area contributed by atoms with Crippen molar-refractivity contribution in [2.75, 3.05) is 17.7 Å². The van der Waals surface area contributed by atoms with E-state index in [0.717, 1.165) is 43.1 Å². The van der Waals surface area contributed by atoms with Crippen molar-refractivity contribution >= 4 is 81.2 Å². The molecule has 0 saturated carbocycles. The highest BCUT2D eigenvalue weighted by atomic mass is 32.2. The highest BCUT2D eigenvalue weighted by Gasteiger charge is 2.30. The first kappa shape index (κ1) is 44.9. The number of anilines is 1. The van der Waals surface area contributed by atoms with Gasteiger partial charge in [-0.25, -0.2) is 30.0 Å². The Morgan fingerprint density at radius 2 is 1.35 bits per heavy atom. The number of thioether (sulfide) groups is 1. The van der Waals surface area contributed by atoms with E-state index in [1.54, 1.807) is 72.8 Å². The van der Waals surface area contributed by atoms with Crippen molar-refractivity contribution in [3.8, 4) is 11.1 Å². The summed E-state index contributed by atoms with van der Waals surface area (Å²) < 4.78 is 105. The van der Waals surface area contributed by atoms with Crippen molar-refractivity contribution < 1.29 is 43.7 Å². The standard InChI is InChI=1S/C45H43N3O9S5/c1-3-31(27-43-47(25-23-41(61(52,53)54)33-15-9-5-10-16-33)37-29-35(19-21-39(37)58-43)32-13-7-4-8-14-32)28-44-48(26-24-42(62(55,56)57)34-17-11-6-12-18-34)38-30-36(20-22-40(38)59-44)45(49)46-60(2,50)51/h4-22,27-30,41-42H,3,23-26H2,1-2H3,(H2-,46,49,52,53,54,55,56,57)/p-1. The molecule has 6 aromatic rings. The molecule has 62 heavy (non-hydrogen) atoms. The number of carbonyl (C=O) groups excluding carboxylic acids is 1. The molecule has 1 amide bonds. The van der Waals surface area contributed by atoms with Gasteiger partial charge in [0.15, 0.2) is 6.54 Å². The highest BCUT2D eigenvalue weighted by Crippen LogP contribution is 2.48. The van der Waals surface area contributed by atoms with Gasteiger partial charge < -0.3 is 14.0 Å². The average Bonchev–Trinajstić information content (AvgIpc) is 3.75. The van der Waals surface area contributed by atoms with E-state index >= 15 is 0 Å². The van der Waals surface area contributed by atoms with E-state index in [4.69, 9.17) is 0 Å². The van der Waals surface area contributed by atoms with E-state index in [9.17, 15) is 39.2 Å². The Labute approximate surface area is 370 Å². The third-order valence-corrected chi connectivity index (χ3v) is 15.6. The summed E-state index contributed by atoms with van der Waals surface area (Å²) >= 11 is 2.89. The summed E-state index contributed by atoms with van der Waals surface area (Å²) in [5.41, 5.74) is 5.02. The van der Waals surface area contributed by atoms with Crippen molar-refractivity contribution in [2.24, 2.45) is 0 Å². The summed E-state index contributed by atoms with van der Waals surface area (Å²) in [6.07, 6.45) is 5.29. The quantitative estimate of drug-likeness (QED) is 0.0730. The largest absolute Gasteiger partial charge is 0.747 e. The predicted molar refractivity (Wildman–Crippen MR) is 243 cm³/mol. The molecule has 0 bridgehead atoms. The minimum absolute atomic E-state index is 0.0185. The van der Waals surface area contributed by atoms with Gasteiger partial charge in [0, 0.05) is 35.6 Å². The highest BCUT2D eigenvalue weighted by molar-refractivity contribution is 8.03. The maximum atomic E-state index is 13.0. The Kier molecular flexibility index (Phi) is 13.5. The first-order valence-corrected chi connectivity index (χ1v) is 26.0. The van der Waals surface area contributed by atoms with Gasteiger partial charge in [0.25, 0.3) is 10.9 Å². The van der Waals surface area contributed by atoms with Crippen molar-refractivity contribution in [1.82, 2.24) is 4.72 Å². The Bertz CT molecular complexity index is 3010. The lowest BCUT2D eigenvalue weighted by atomic mass is 10.1. The molecule has 322 valence electrons. The van der Waals surface area contributed by atoms with Gasteiger partial charge in [-0.15, -0.1) is 0 Å². The number of carbonyl (C=O) groups is 1. The normalized spacial score (nSPS) is 15.1. The first-order chi connectivity index (χ1) is 29.5. The molecule has 2 heterocycles. The van der Waals surface area contributed by atoms with Gasteiger partial charge in [-0.1, -0.05) is 127 Å². The van der Waals surface area contributed by atoms with Crippen molar-refractivity contribution in [3.63, 3.8) is 0 Å². The molecule has 0 saturated heterocycles. The van der Waals surface area contributed by atoms with Crippen LogP contribution in [0.5, 0.6) is 0 Å². The van der Waals surface area contributed by atoms with Crippen LogP contribution in [-0.4, -0.2) is 53.1 Å². The molecule has 7 rings (SSSR count). The number of thiazole rings is 1. The first-order valence-electron chi connectivity index (χ1n) is 19.5. The molecule has 0 radical (unpaired) electrons. The molecule has 2 unspecified atom stereocenters. The Hall–Kier alpha value is -5.14. The molecule has 2 atom stereocenters. The van der Waals surface area contributed by atoms with E-state index in [-0.39, 0.29) is 31.5 Å². The number of aryl methyl sites for hydroxylation is 1. The lowest BCUT2D eigenvalue weighted by Crippen LogP contribution is -2.36. The van der Waals surface area contributed by atoms with Gasteiger partial charge in [0.2, 0.25) is 15.5 Å². The number of aromatic nitrogens is 1.